The second-order valence-corrected chi connectivity index (χ2v) is 8.05. The van der Waals surface area contributed by atoms with Gasteiger partial charge < -0.3 is 13.9 Å². The summed E-state index contributed by atoms with van der Waals surface area (Å²) in [5.41, 5.74) is 1.70. The summed E-state index contributed by atoms with van der Waals surface area (Å²) in [7, 11) is 0. The van der Waals surface area contributed by atoms with E-state index in [2.05, 4.69) is 0 Å². The summed E-state index contributed by atoms with van der Waals surface area (Å²) in [6.45, 7) is 3.85. The maximum Gasteiger partial charge on any atom is 0.235 e. The molecule has 0 fully saturated rings. The van der Waals surface area contributed by atoms with Crippen LogP contribution in [0.25, 0.3) is 11.0 Å². The molecule has 0 amide bonds. The van der Waals surface area contributed by atoms with E-state index >= 15 is 0 Å². The predicted octanol–water partition coefficient (Wildman–Crippen LogP) is 7.48. The van der Waals surface area contributed by atoms with Crippen LogP contribution in [0.4, 0.5) is 4.39 Å². The highest BCUT2D eigenvalue weighted by Crippen LogP contribution is 2.31. The largest absolute Gasteiger partial charge is 0.488 e. The van der Waals surface area contributed by atoms with Crippen LogP contribution in [0, 0.1) is 12.7 Å². The Balaban J connectivity index is 1.69. The lowest BCUT2D eigenvalue weighted by Gasteiger charge is -2.14. The fraction of sp³-hybridized carbons (Fsp3) is 0.160. The first-order valence-corrected chi connectivity index (χ1v) is 10.7. The van der Waals surface area contributed by atoms with Crippen molar-refractivity contribution in [1.29, 1.82) is 0 Å². The van der Waals surface area contributed by atoms with Gasteiger partial charge in [0.2, 0.25) is 11.2 Å². The highest BCUT2D eigenvalue weighted by molar-refractivity contribution is 6.35. The van der Waals surface area contributed by atoms with Crippen molar-refractivity contribution in [2.24, 2.45) is 0 Å². The molecule has 0 aliphatic carbocycles. The Bertz CT molecular complexity index is 1350. The van der Waals surface area contributed by atoms with Gasteiger partial charge in [-0.05, 0) is 61.4 Å². The number of hydrogen-bond donors (Lipinski definition) is 0. The molecule has 0 unspecified atom stereocenters. The zero-order valence-electron chi connectivity index (χ0n) is 17.4. The molecule has 4 nitrogen and oxygen atoms in total. The van der Waals surface area contributed by atoms with Gasteiger partial charge in [-0.2, -0.15) is 0 Å². The summed E-state index contributed by atoms with van der Waals surface area (Å²) >= 11 is 12.2. The van der Waals surface area contributed by atoms with E-state index in [1.807, 2.05) is 6.92 Å². The summed E-state index contributed by atoms with van der Waals surface area (Å²) < 4.78 is 30.8. The Morgan fingerprint density at radius 1 is 1.00 bits per heavy atom. The van der Waals surface area contributed by atoms with Gasteiger partial charge in [0.1, 0.15) is 35.3 Å². The van der Waals surface area contributed by atoms with E-state index in [-0.39, 0.29) is 23.6 Å². The standard InChI is InChI=1S/C25H19Cl2FO4/c1-3-15-10-20-23(12-22(15)30-13-16-4-5-17(26)11-21(16)27)31-14(2)25(24(20)29)32-19-8-6-18(28)7-9-19/h4-12H,3,13H2,1-2H3. The van der Waals surface area contributed by atoms with Gasteiger partial charge in [0.05, 0.1) is 5.39 Å². The molecule has 0 saturated heterocycles. The van der Waals surface area contributed by atoms with Crippen LogP contribution in [-0.2, 0) is 13.0 Å². The van der Waals surface area contributed by atoms with Crippen molar-refractivity contribution >= 4 is 34.2 Å². The maximum atomic E-state index is 13.2. The number of aryl methyl sites for hydroxylation is 2. The van der Waals surface area contributed by atoms with E-state index in [9.17, 15) is 9.18 Å². The van der Waals surface area contributed by atoms with Crippen LogP contribution in [0.5, 0.6) is 17.2 Å². The highest BCUT2D eigenvalue weighted by Gasteiger charge is 2.17. The van der Waals surface area contributed by atoms with E-state index in [1.54, 1.807) is 37.3 Å². The molecule has 4 rings (SSSR count). The lowest BCUT2D eigenvalue weighted by Crippen LogP contribution is -2.08. The molecule has 0 atom stereocenters. The van der Waals surface area contributed by atoms with Gasteiger partial charge in [-0.25, -0.2) is 4.39 Å². The molecule has 1 aromatic heterocycles. The van der Waals surface area contributed by atoms with Gasteiger partial charge >= 0.3 is 0 Å². The van der Waals surface area contributed by atoms with E-state index in [1.165, 1.54) is 24.3 Å². The maximum absolute atomic E-state index is 13.2. The third-order valence-electron chi connectivity index (χ3n) is 5.01. The third kappa shape index (κ3) is 4.59. The minimum Gasteiger partial charge on any atom is -0.488 e. The number of ether oxygens (including phenoxy) is 2. The summed E-state index contributed by atoms with van der Waals surface area (Å²) in [5.74, 6) is 0.924. The Morgan fingerprint density at radius 2 is 1.75 bits per heavy atom. The van der Waals surface area contributed by atoms with Crippen LogP contribution in [-0.4, -0.2) is 0 Å². The average molecular weight is 473 g/mol. The zero-order valence-corrected chi connectivity index (χ0v) is 18.9. The number of benzene rings is 3. The van der Waals surface area contributed by atoms with Crippen molar-refractivity contribution < 1.29 is 18.3 Å². The van der Waals surface area contributed by atoms with Crippen molar-refractivity contribution in [3.63, 3.8) is 0 Å². The third-order valence-corrected chi connectivity index (χ3v) is 5.60. The Labute approximate surface area is 194 Å². The number of halogens is 3. The first-order chi connectivity index (χ1) is 15.4. The number of fused-ring (bicyclic) bond motifs is 1. The summed E-state index contributed by atoms with van der Waals surface area (Å²) in [4.78, 5) is 13.1. The van der Waals surface area contributed by atoms with Gasteiger partial charge in [-0.3, -0.25) is 4.79 Å². The normalized spacial score (nSPS) is 11.0. The van der Waals surface area contributed by atoms with Gasteiger partial charge in [-0.1, -0.05) is 36.2 Å². The molecular formula is C25H19Cl2FO4. The van der Waals surface area contributed by atoms with Crippen LogP contribution in [0.2, 0.25) is 10.0 Å². The molecule has 164 valence electrons. The summed E-state index contributed by atoms with van der Waals surface area (Å²) in [6, 6.07) is 14.1. The van der Waals surface area contributed by atoms with Crippen molar-refractivity contribution in [1.82, 2.24) is 0 Å². The fourth-order valence-electron chi connectivity index (χ4n) is 3.30. The highest BCUT2D eigenvalue weighted by atomic mass is 35.5. The molecule has 32 heavy (non-hydrogen) atoms. The summed E-state index contributed by atoms with van der Waals surface area (Å²) in [5, 5.41) is 1.44. The van der Waals surface area contributed by atoms with Crippen LogP contribution in [0.1, 0.15) is 23.8 Å². The molecule has 0 bridgehead atoms. The van der Waals surface area contributed by atoms with Gasteiger partial charge in [-0.15, -0.1) is 0 Å². The first-order valence-electron chi connectivity index (χ1n) is 9.96. The average Bonchev–Trinajstić information content (AvgIpc) is 2.77. The van der Waals surface area contributed by atoms with Crippen LogP contribution in [0.15, 0.2) is 63.8 Å². The molecule has 0 N–H and O–H groups in total. The van der Waals surface area contributed by atoms with Gasteiger partial charge in [0.15, 0.2) is 0 Å². The van der Waals surface area contributed by atoms with E-state index in [0.717, 1.165) is 11.1 Å². The zero-order chi connectivity index (χ0) is 22.8. The first kappa shape index (κ1) is 22.2. The Morgan fingerprint density at radius 3 is 2.44 bits per heavy atom. The smallest absolute Gasteiger partial charge is 0.235 e. The van der Waals surface area contributed by atoms with E-state index in [4.69, 9.17) is 37.1 Å². The lowest BCUT2D eigenvalue weighted by molar-refractivity contribution is 0.303. The Hall–Kier alpha value is -3.02. The van der Waals surface area contributed by atoms with Gasteiger partial charge in [0.25, 0.3) is 0 Å². The topological polar surface area (TPSA) is 48.7 Å². The van der Waals surface area contributed by atoms with Crippen molar-refractivity contribution in [3.8, 4) is 17.2 Å². The molecule has 0 aliphatic rings. The van der Waals surface area contributed by atoms with E-state index < -0.39 is 0 Å². The molecule has 4 aromatic rings. The SMILES string of the molecule is CCc1cc2c(=O)c(Oc3ccc(F)cc3)c(C)oc2cc1OCc1ccc(Cl)cc1Cl. The van der Waals surface area contributed by atoms with Crippen LogP contribution < -0.4 is 14.9 Å². The number of rotatable bonds is 6. The minimum atomic E-state index is -0.389. The predicted molar refractivity (Wildman–Crippen MR) is 124 cm³/mol. The molecule has 0 aliphatic heterocycles. The quantitative estimate of drug-likeness (QED) is 0.291. The van der Waals surface area contributed by atoms with Crippen LogP contribution in [0.3, 0.4) is 0 Å². The molecule has 0 saturated carbocycles. The van der Waals surface area contributed by atoms with Crippen molar-refractivity contribution in [2.75, 3.05) is 0 Å². The Kier molecular flexibility index (Phi) is 6.40. The monoisotopic (exact) mass is 472 g/mol. The summed E-state index contributed by atoms with van der Waals surface area (Å²) in [6.07, 6.45) is 0.640. The van der Waals surface area contributed by atoms with Crippen molar-refractivity contribution in [3.05, 3.63) is 97.6 Å². The minimum absolute atomic E-state index is 0.0628. The second-order valence-electron chi connectivity index (χ2n) is 7.21. The fourth-order valence-corrected chi connectivity index (χ4v) is 3.77. The second kappa shape index (κ2) is 9.23. The van der Waals surface area contributed by atoms with Crippen LogP contribution >= 0.6 is 23.2 Å². The molecular weight excluding hydrogens is 454 g/mol. The van der Waals surface area contributed by atoms with Gasteiger partial charge in [0, 0.05) is 21.7 Å². The molecule has 0 radical (unpaired) electrons. The molecule has 1 heterocycles. The molecule has 3 aromatic carbocycles. The molecule has 7 heteroatoms. The van der Waals surface area contributed by atoms with E-state index in [0.29, 0.717) is 44.7 Å². The molecule has 0 spiro atoms. The number of hydrogen-bond acceptors (Lipinski definition) is 4. The van der Waals surface area contributed by atoms with Crippen molar-refractivity contribution in [2.45, 2.75) is 26.9 Å². The lowest BCUT2D eigenvalue weighted by atomic mass is 10.1.